The van der Waals surface area contributed by atoms with Gasteiger partial charge in [0.05, 0.1) is 14.2 Å². The van der Waals surface area contributed by atoms with E-state index in [0.717, 1.165) is 10.6 Å². The fraction of sp³-hybridized carbons (Fsp3) is 0.364. The highest BCUT2D eigenvalue weighted by atomic mass is 32.2. The molecule has 0 saturated carbocycles. The number of likely N-dealkylation sites (tertiary alicyclic amines) is 1. The maximum absolute atomic E-state index is 12.8. The molecule has 0 aromatic heterocycles. The minimum Gasteiger partial charge on any atom is -0.493 e. The lowest BCUT2D eigenvalue weighted by Gasteiger charge is -2.31. The summed E-state index contributed by atoms with van der Waals surface area (Å²) in [5.74, 6) is 0.978. The van der Waals surface area contributed by atoms with E-state index in [2.05, 4.69) is 5.32 Å². The number of nitrogens with one attached hydrogen (secondary N) is 1. The van der Waals surface area contributed by atoms with Gasteiger partial charge in [-0.15, -0.1) is 11.8 Å². The fourth-order valence-electron chi connectivity index (χ4n) is 3.44. The summed E-state index contributed by atoms with van der Waals surface area (Å²) in [5, 5.41) is 3.00. The van der Waals surface area contributed by atoms with Gasteiger partial charge in [0.25, 0.3) is 5.91 Å². The summed E-state index contributed by atoms with van der Waals surface area (Å²) in [7, 11) is 3.11. The Morgan fingerprint density at radius 3 is 2.41 bits per heavy atom. The molecule has 0 radical (unpaired) electrons. The average Bonchev–Trinajstić information content (AvgIpc) is 2.78. The van der Waals surface area contributed by atoms with Crippen molar-refractivity contribution in [3.63, 3.8) is 0 Å². The molecular weight excluding hydrogens is 388 g/mol. The summed E-state index contributed by atoms with van der Waals surface area (Å²) in [4.78, 5) is 28.3. The van der Waals surface area contributed by atoms with Crippen LogP contribution in [-0.2, 0) is 4.79 Å². The van der Waals surface area contributed by atoms with E-state index in [4.69, 9.17) is 9.47 Å². The number of piperidine rings is 1. The average molecular weight is 415 g/mol. The molecule has 0 aliphatic carbocycles. The van der Waals surface area contributed by atoms with Crippen LogP contribution in [-0.4, -0.2) is 50.3 Å². The summed E-state index contributed by atoms with van der Waals surface area (Å²) in [5.41, 5.74) is 1.37. The van der Waals surface area contributed by atoms with Crippen molar-refractivity contribution in [2.45, 2.75) is 17.7 Å². The lowest BCUT2D eigenvalue weighted by atomic mass is 9.95. The maximum Gasteiger partial charge on any atom is 0.253 e. The minimum absolute atomic E-state index is 0.0152. The summed E-state index contributed by atoms with van der Waals surface area (Å²) < 4.78 is 10.5. The highest BCUT2D eigenvalue weighted by Crippen LogP contribution is 2.29. The molecule has 2 aromatic carbocycles. The van der Waals surface area contributed by atoms with Gasteiger partial charge in [0.2, 0.25) is 5.91 Å². The topological polar surface area (TPSA) is 67.9 Å². The first-order valence-electron chi connectivity index (χ1n) is 9.52. The SMILES string of the molecule is COc1ccc(C(=O)N2CCC(C(=O)Nc3cccc(SC)c3)CC2)cc1OC. The van der Waals surface area contributed by atoms with E-state index in [1.165, 1.54) is 0 Å². The molecule has 3 rings (SSSR count). The van der Waals surface area contributed by atoms with Crippen LogP contribution in [0.1, 0.15) is 23.2 Å². The predicted octanol–water partition coefficient (Wildman–Crippen LogP) is 3.92. The number of hydrogen-bond donors (Lipinski definition) is 1. The minimum atomic E-state index is -0.0950. The van der Waals surface area contributed by atoms with Crippen molar-refractivity contribution in [3.8, 4) is 11.5 Å². The third-order valence-electron chi connectivity index (χ3n) is 5.12. The molecule has 0 bridgehead atoms. The Balaban J connectivity index is 1.58. The second kappa shape index (κ2) is 9.69. The number of anilines is 1. The van der Waals surface area contributed by atoms with E-state index in [9.17, 15) is 9.59 Å². The summed E-state index contributed by atoms with van der Waals surface area (Å²) in [6, 6.07) is 13.0. The Labute approximate surface area is 175 Å². The molecule has 7 heteroatoms. The zero-order chi connectivity index (χ0) is 20.8. The molecule has 1 aliphatic rings. The molecule has 0 atom stereocenters. The Bertz CT molecular complexity index is 879. The van der Waals surface area contributed by atoms with Gasteiger partial charge in [-0.1, -0.05) is 6.07 Å². The number of hydrogen-bond acceptors (Lipinski definition) is 5. The number of amides is 2. The van der Waals surface area contributed by atoms with Crippen LogP contribution in [0.3, 0.4) is 0 Å². The zero-order valence-electron chi connectivity index (χ0n) is 16.9. The van der Waals surface area contributed by atoms with Gasteiger partial charge in [0.15, 0.2) is 11.5 Å². The van der Waals surface area contributed by atoms with Gasteiger partial charge < -0.3 is 19.7 Å². The quantitative estimate of drug-likeness (QED) is 0.726. The first-order valence-corrected chi connectivity index (χ1v) is 10.7. The van der Waals surface area contributed by atoms with Gasteiger partial charge in [-0.25, -0.2) is 0 Å². The van der Waals surface area contributed by atoms with Crippen LogP contribution in [0.2, 0.25) is 0 Å². The van der Waals surface area contributed by atoms with Gasteiger partial charge in [-0.05, 0) is 55.5 Å². The number of carbonyl (C=O) groups is 2. The Morgan fingerprint density at radius 1 is 1.03 bits per heavy atom. The van der Waals surface area contributed by atoms with Crippen LogP contribution in [0, 0.1) is 5.92 Å². The van der Waals surface area contributed by atoms with Crippen LogP contribution in [0.15, 0.2) is 47.4 Å². The third-order valence-corrected chi connectivity index (χ3v) is 5.85. The Morgan fingerprint density at radius 2 is 1.76 bits per heavy atom. The van der Waals surface area contributed by atoms with E-state index < -0.39 is 0 Å². The number of rotatable bonds is 6. The van der Waals surface area contributed by atoms with Crippen molar-refractivity contribution in [1.82, 2.24) is 4.90 Å². The van der Waals surface area contributed by atoms with E-state index in [-0.39, 0.29) is 17.7 Å². The van der Waals surface area contributed by atoms with E-state index >= 15 is 0 Å². The highest BCUT2D eigenvalue weighted by Gasteiger charge is 2.28. The standard InChI is InChI=1S/C22H26N2O4S/c1-27-19-8-7-16(13-20(19)28-2)22(26)24-11-9-15(10-12-24)21(25)23-17-5-4-6-18(14-17)29-3/h4-8,13-15H,9-12H2,1-3H3,(H,23,25). The lowest BCUT2D eigenvalue weighted by Crippen LogP contribution is -2.41. The number of benzene rings is 2. The molecule has 1 N–H and O–H groups in total. The van der Waals surface area contributed by atoms with E-state index in [0.29, 0.717) is 43.0 Å². The van der Waals surface area contributed by atoms with Crippen molar-refractivity contribution in [3.05, 3.63) is 48.0 Å². The largest absolute Gasteiger partial charge is 0.493 e. The number of thioether (sulfide) groups is 1. The maximum atomic E-state index is 12.8. The predicted molar refractivity (Wildman–Crippen MR) is 115 cm³/mol. The van der Waals surface area contributed by atoms with Crippen molar-refractivity contribution in [2.24, 2.45) is 5.92 Å². The second-order valence-electron chi connectivity index (χ2n) is 6.86. The number of carbonyl (C=O) groups excluding carboxylic acids is 2. The summed E-state index contributed by atoms with van der Waals surface area (Å²) >= 11 is 1.64. The third kappa shape index (κ3) is 5.03. The van der Waals surface area contributed by atoms with E-state index in [1.807, 2.05) is 30.5 Å². The van der Waals surface area contributed by atoms with Gasteiger partial charge in [0, 0.05) is 35.2 Å². The Kier molecular flexibility index (Phi) is 7.04. The molecule has 1 fully saturated rings. The molecule has 0 unspecified atom stereocenters. The van der Waals surface area contributed by atoms with Gasteiger partial charge in [0.1, 0.15) is 0 Å². The normalized spacial score (nSPS) is 14.4. The molecule has 6 nitrogen and oxygen atoms in total. The molecule has 1 saturated heterocycles. The molecule has 1 heterocycles. The van der Waals surface area contributed by atoms with Gasteiger partial charge in [-0.2, -0.15) is 0 Å². The van der Waals surface area contributed by atoms with E-state index in [1.54, 1.807) is 49.1 Å². The smallest absolute Gasteiger partial charge is 0.253 e. The summed E-state index contributed by atoms with van der Waals surface area (Å²) in [6.45, 7) is 1.10. The van der Waals surface area contributed by atoms with Crippen LogP contribution in [0.4, 0.5) is 5.69 Å². The first kappa shape index (κ1) is 21.0. The van der Waals surface area contributed by atoms with Crippen LogP contribution < -0.4 is 14.8 Å². The summed E-state index contributed by atoms with van der Waals surface area (Å²) in [6.07, 6.45) is 3.30. The fourth-order valence-corrected chi connectivity index (χ4v) is 3.90. The van der Waals surface area contributed by atoms with Gasteiger partial charge >= 0.3 is 0 Å². The van der Waals surface area contributed by atoms with Gasteiger partial charge in [-0.3, -0.25) is 9.59 Å². The number of nitrogens with zero attached hydrogens (tertiary/aromatic N) is 1. The van der Waals surface area contributed by atoms with Crippen molar-refractivity contribution < 1.29 is 19.1 Å². The molecule has 1 aliphatic heterocycles. The zero-order valence-corrected chi connectivity index (χ0v) is 17.8. The molecule has 29 heavy (non-hydrogen) atoms. The first-order chi connectivity index (χ1) is 14.0. The van der Waals surface area contributed by atoms with Crippen LogP contribution >= 0.6 is 11.8 Å². The molecule has 154 valence electrons. The van der Waals surface area contributed by atoms with Crippen molar-refractivity contribution >= 4 is 29.3 Å². The number of methoxy groups -OCH3 is 2. The monoisotopic (exact) mass is 414 g/mol. The molecule has 2 aromatic rings. The highest BCUT2D eigenvalue weighted by molar-refractivity contribution is 7.98. The van der Waals surface area contributed by atoms with Crippen LogP contribution in [0.25, 0.3) is 0 Å². The van der Waals surface area contributed by atoms with Crippen molar-refractivity contribution in [2.75, 3.05) is 38.9 Å². The van der Waals surface area contributed by atoms with Crippen molar-refractivity contribution in [1.29, 1.82) is 0 Å². The number of ether oxygens (including phenoxy) is 2. The molecule has 0 spiro atoms. The van der Waals surface area contributed by atoms with Crippen LogP contribution in [0.5, 0.6) is 11.5 Å². The Hall–Kier alpha value is -2.67. The second-order valence-corrected chi connectivity index (χ2v) is 7.74. The molecule has 2 amide bonds. The molecular formula is C22H26N2O4S. The lowest BCUT2D eigenvalue weighted by molar-refractivity contribution is -0.121.